The second-order valence-electron chi connectivity index (χ2n) is 16.1. The Morgan fingerprint density at radius 2 is 0.836 bits per heavy atom. The van der Waals surface area contributed by atoms with Crippen LogP contribution in [-0.2, 0) is 0 Å². The van der Waals surface area contributed by atoms with Crippen molar-refractivity contribution in [2.75, 3.05) is 4.90 Å². The van der Waals surface area contributed by atoms with Crippen molar-refractivity contribution in [3.63, 3.8) is 0 Å². The predicted octanol–water partition coefficient (Wildman–Crippen LogP) is 15.9. The molecule has 0 unspecified atom stereocenters. The van der Waals surface area contributed by atoms with E-state index in [-0.39, 0.29) is 0 Å². The zero-order valence-electron chi connectivity index (χ0n) is 33.2. The highest BCUT2D eigenvalue weighted by atomic mass is 15.1. The summed E-state index contributed by atoms with van der Waals surface area (Å²) < 4.78 is 4.91. The summed E-state index contributed by atoms with van der Waals surface area (Å²) in [4.78, 5) is 2.32. The van der Waals surface area contributed by atoms with E-state index in [1.54, 1.807) is 0 Å². The minimum atomic E-state index is 1.12. The van der Waals surface area contributed by atoms with Gasteiger partial charge in [-0.2, -0.15) is 0 Å². The summed E-state index contributed by atoms with van der Waals surface area (Å²) >= 11 is 0. The third kappa shape index (κ3) is 5.04. The Kier molecular flexibility index (Phi) is 7.31. The van der Waals surface area contributed by atoms with Gasteiger partial charge in [-0.3, -0.25) is 0 Å². The topological polar surface area (TPSA) is 13.1 Å². The van der Waals surface area contributed by atoms with E-state index in [0.29, 0.717) is 0 Å². The Balaban J connectivity index is 1.03. The highest BCUT2D eigenvalue weighted by Crippen LogP contribution is 2.46. The van der Waals surface area contributed by atoms with Crippen LogP contribution in [0.25, 0.3) is 98.4 Å². The molecule has 13 rings (SSSR count). The number of anilines is 3. The SMILES string of the molecule is c1ccc(N(c2ccccc2)c2ccc(-c3ccc4ccc5cc6c7cc(-n8c9ccccc9c9ccccc98)ccc7n(-c7ccccc7)c6c6ccc3c4c56)cc2)cc1. The fraction of sp³-hybridized carbons (Fsp3) is 0. The molecule has 2 heterocycles. The Morgan fingerprint density at radius 1 is 0.295 bits per heavy atom. The number of aromatic nitrogens is 2. The Hall–Kier alpha value is -8.14. The van der Waals surface area contributed by atoms with E-state index in [1.165, 1.54) is 87.1 Å². The van der Waals surface area contributed by atoms with Crippen molar-refractivity contribution in [1.82, 2.24) is 9.13 Å². The van der Waals surface area contributed by atoms with Crippen LogP contribution in [0.2, 0.25) is 0 Å². The lowest BCUT2D eigenvalue weighted by atomic mass is 9.89. The van der Waals surface area contributed by atoms with Crippen LogP contribution in [0.1, 0.15) is 0 Å². The van der Waals surface area contributed by atoms with Crippen molar-refractivity contribution in [2.45, 2.75) is 0 Å². The number of hydrogen-bond donors (Lipinski definition) is 0. The molecule has 0 spiro atoms. The minimum Gasteiger partial charge on any atom is -0.311 e. The third-order valence-electron chi connectivity index (χ3n) is 12.8. The van der Waals surface area contributed by atoms with Gasteiger partial charge in [-0.05, 0) is 123 Å². The molecule has 13 aromatic rings. The fourth-order valence-electron chi connectivity index (χ4n) is 10.2. The largest absolute Gasteiger partial charge is 0.311 e. The molecule has 0 amide bonds. The first-order valence-electron chi connectivity index (χ1n) is 21.0. The highest BCUT2D eigenvalue weighted by molar-refractivity contribution is 6.33. The number of fused-ring (bicyclic) bond motifs is 7. The van der Waals surface area contributed by atoms with E-state index in [1.807, 2.05) is 0 Å². The lowest BCUT2D eigenvalue weighted by Crippen LogP contribution is -2.09. The van der Waals surface area contributed by atoms with Gasteiger partial charge in [0.25, 0.3) is 0 Å². The average Bonchev–Trinajstić information content (AvgIpc) is 3.84. The van der Waals surface area contributed by atoms with Gasteiger partial charge in [0.15, 0.2) is 0 Å². The molecule has 0 saturated heterocycles. The number of benzene rings is 11. The molecule has 0 N–H and O–H groups in total. The summed E-state index contributed by atoms with van der Waals surface area (Å²) in [5.74, 6) is 0. The number of hydrogen-bond acceptors (Lipinski definition) is 1. The quantitative estimate of drug-likeness (QED) is 0.153. The van der Waals surface area contributed by atoms with Gasteiger partial charge in [-0.15, -0.1) is 0 Å². The van der Waals surface area contributed by atoms with Crippen molar-refractivity contribution in [2.24, 2.45) is 0 Å². The van der Waals surface area contributed by atoms with Gasteiger partial charge in [0, 0.05) is 55.4 Å². The molecule has 0 atom stereocenters. The standard InChI is InChI=1S/C58H37N3/c1-4-14-41(15-5-1)59(42-16-6-2-7-17-42)44-29-26-38(27-30-44)46-32-28-39-24-25-40-36-52-51-37-45(60-53-22-12-10-20-47(53)48-21-11-13-23-54(48)60)31-35-55(51)61(43-18-8-3-9-19-43)58(52)50-34-33-49(46)56(39)57(40)50/h1-37H. The van der Waals surface area contributed by atoms with Crippen molar-refractivity contribution in [3.05, 3.63) is 224 Å². The van der Waals surface area contributed by atoms with Gasteiger partial charge >= 0.3 is 0 Å². The Morgan fingerprint density at radius 3 is 1.52 bits per heavy atom. The molecule has 0 aliphatic rings. The minimum absolute atomic E-state index is 1.12. The first kappa shape index (κ1) is 33.8. The lowest BCUT2D eigenvalue weighted by molar-refractivity contribution is 1.17. The summed E-state index contributed by atoms with van der Waals surface area (Å²) in [6, 6.07) is 82.1. The third-order valence-corrected chi connectivity index (χ3v) is 12.8. The maximum Gasteiger partial charge on any atom is 0.0620 e. The molecule has 0 saturated carbocycles. The highest BCUT2D eigenvalue weighted by Gasteiger charge is 2.22. The van der Waals surface area contributed by atoms with Crippen LogP contribution < -0.4 is 4.90 Å². The molecule has 0 aliphatic heterocycles. The zero-order chi connectivity index (χ0) is 40.0. The summed E-state index contributed by atoms with van der Waals surface area (Å²) in [5, 5.41) is 12.7. The van der Waals surface area contributed by atoms with Crippen LogP contribution in [0.4, 0.5) is 17.1 Å². The maximum atomic E-state index is 2.48. The van der Waals surface area contributed by atoms with Crippen molar-refractivity contribution in [3.8, 4) is 22.5 Å². The van der Waals surface area contributed by atoms with E-state index in [4.69, 9.17) is 0 Å². The molecule has 2 aromatic heterocycles. The smallest absolute Gasteiger partial charge is 0.0620 e. The van der Waals surface area contributed by atoms with E-state index in [2.05, 4.69) is 238 Å². The van der Waals surface area contributed by atoms with Crippen LogP contribution >= 0.6 is 0 Å². The molecular formula is C58H37N3. The van der Waals surface area contributed by atoms with Gasteiger partial charge in [0.05, 0.1) is 22.1 Å². The second kappa shape index (κ2) is 13.2. The predicted molar refractivity (Wildman–Crippen MR) is 259 cm³/mol. The van der Waals surface area contributed by atoms with E-state index >= 15 is 0 Å². The Bertz CT molecular complexity index is 3690. The van der Waals surface area contributed by atoms with Crippen LogP contribution in [-0.4, -0.2) is 9.13 Å². The van der Waals surface area contributed by atoms with Crippen LogP contribution in [0, 0.1) is 0 Å². The molecule has 3 nitrogen and oxygen atoms in total. The molecule has 3 heteroatoms. The second-order valence-corrected chi connectivity index (χ2v) is 16.1. The average molecular weight is 776 g/mol. The first-order valence-corrected chi connectivity index (χ1v) is 21.0. The van der Waals surface area contributed by atoms with E-state index in [9.17, 15) is 0 Å². The fourth-order valence-corrected chi connectivity index (χ4v) is 10.2. The van der Waals surface area contributed by atoms with Crippen LogP contribution in [0.3, 0.4) is 0 Å². The Labute approximate surface area is 352 Å². The molecule has 11 aromatic carbocycles. The maximum absolute atomic E-state index is 2.48. The molecule has 0 aliphatic carbocycles. The monoisotopic (exact) mass is 775 g/mol. The summed E-state index contributed by atoms with van der Waals surface area (Å²) in [5.41, 5.74) is 13.0. The van der Waals surface area contributed by atoms with E-state index < -0.39 is 0 Å². The van der Waals surface area contributed by atoms with Gasteiger partial charge < -0.3 is 14.0 Å². The lowest BCUT2D eigenvalue weighted by Gasteiger charge is -2.25. The normalized spacial score (nSPS) is 11.9. The van der Waals surface area contributed by atoms with Gasteiger partial charge in [-0.1, -0.05) is 140 Å². The molecule has 61 heavy (non-hydrogen) atoms. The van der Waals surface area contributed by atoms with E-state index in [0.717, 1.165) is 28.4 Å². The number of nitrogens with zero attached hydrogens (tertiary/aromatic N) is 3. The first-order chi connectivity index (χ1) is 30.3. The van der Waals surface area contributed by atoms with Crippen molar-refractivity contribution < 1.29 is 0 Å². The van der Waals surface area contributed by atoms with Gasteiger partial charge in [0.1, 0.15) is 0 Å². The summed E-state index contributed by atoms with van der Waals surface area (Å²) in [6.07, 6.45) is 0. The molecule has 0 radical (unpaired) electrons. The van der Waals surface area contributed by atoms with Crippen LogP contribution in [0.15, 0.2) is 224 Å². The summed E-state index contributed by atoms with van der Waals surface area (Å²) in [6.45, 7) is 0. The molecule has 0 fully saturated rings. The van der Waals surface area contributed by atoms with Gasteiger partial charge in [0.2, 0.25) is 0 Å². The summed E-state index contributed by atoms with van der Waals surface area (Å²) in [7, 11) is 0. The van der Waals surface area contributed by atoms with Crippen LogP contribution in [0.5, 0.6) is 0 Å². The molecule has 284 valence electrons. The number of para-hydroxylation sites is 5. The van der Waals surface area contributed by atoms with Crippen molar-refractivity contribution >= 4 is 93.0 Å². The van der Waals surface area contributed by atoms with Gasteiger partial charge in [-0.25, -0.2) is 0 Å². The number of rotatable bonds is 6. The zero-order valence-corrected chi connectivity index (χ0v) is 33.2. The van der Waals surface area contributed by atoms with Crippen molar-refractivity contribution in [1.29, 1.82) is 0 Å². The molecular weight excluding hydrogens is 739 g/mol. The molecule has 0 bridgehead atoms.